The molecule has 1 saturated carbocycles. The molecule has 0 radical (unpaired) electrons. The van der Waals surface area contributed by atoms with Crippen molar-refractivity contribution >= 4 is 33.9 Å². The maximum Gasteiger partial charge on any atom is 0.344 e. The molecule has 1 aromatic rings. The number of carbonyl (C=O) groups is 2. The van der Waals surface area contributed by atoms with Crippen molar-refractivity contribution in [1.82, 2.24) is 5.32 Å². The molecule has 1 fully saturated rings. The number of nitrogens with one attached hydrogen (secondary N) is 1. The molecule has 0 heterocycles. The summed E-state index contributed by atoms with van der Waals surface area (Å²) in [6.45, 7) is 3.97. The van der Waals surface area contributed by atoms with E-state index in [1.54, 1.807) is 31.2 Å². The number of nitriles is 1. The smallest absolute Gasteiger partial charge is 0.344 e. The van der Waals surface area contributed by atoms with E-state index in [0.717, 1.165) is 19.3 Å². The van der Waals surface area contributed by atoms with E-state index in [0.29, 0.717) is 28.3 Å². The third kappa shape index (κ3) is 6.38. The summed E-state index contributed by atoms with van der Waals surface area (Å²) in [4.78, 5) is 23.9. The van der Waals surface area contributed by atoms with Crippen molar-refractivity contribution in [3.8, 4) is 11.8 Å². The van der Waals surface area contributed by atoms with Gasteiger partial charge in [-0.15, -0.1) is 0 Å². The molecule has 1 aliphatic carbocycles. The SMILES string of the molecule is CCOC(=O)COc1ccc(/C=C(\C#N)C(=O)N[C@H]2CCCC[C@H]2C)cc1Br. The van der Waals surface area contributed by atoms with Gasteiger partial charge in [-0.2, -0.15) is 5.26 Å². The van der Waals surface area contributed by atoms with E-state index in [9.17, 15) is 14.9 Å². The highest BCUT2D eigenvalue weighted by Crippen LogP contribution is 2.27. The molecule has 0 bridgehead atoms. The minimum Gasteiger partial charge on any atom is -0.481 e. The number of nitrogens with zero attached hydrogens (tertiary/aromatic N) is 1. The average molecular weight is 449 g/mol. The van der Waals surface area contributed by atoms with Gasteiger partial charge < -0.3 is 14.8 Å². The molecule has 1 amide bonds. The predicted octanol–water partition coefficient (Wildman–Crippen LogP) is 3.99. The third-order valence-electron chi connectivity index (χ3n) is 4.71. The number of hydrogen-bond acceptors (Lipinski definition) is 5. The molecule has 150 valence electrons. The first-order valence-corrected chi connectivity index (χ1v) is 10.2. The molecule has 7 heteroatoms. The minimum absolute atomic E-state index is 0.0601. The average Bonchev–Trinajstić information content (AvgIpc) is 2.67. The van der Waals surface area contributed by atoms with E-state index in [1.165, 1.54) is 6.42 Å². The lowest BCUT2D eigenvalue weighted by Gasteiger charge is -2.29. The molecule has 0 aliphatic heterocycles. The number of ether oxygens (including phenoxy) is 2. The molecular weight excluding hydrogens is 424 g/mol. The summed E-state index contributed by atoms with van der Waals surface area (Å²) in [5.41, 5.74) is 0.739. The minimum atomic E-state index is -0.446. The Bertz CT molecular complexity index is 785. The molecular formula is C21H25BrN2O4. The van der Waals surface area contributed by atoms with E-state index in [2.05, 4.69) is 28.2 Å². The summed E-state index contributed by atoms with van der Waals surface area (Å²) < 4.78 is 10.8. The van der Waals surface area contributed by atoms with E-state index >= 15 is 0 Å². The molecule has 1 N–H and O–H groups in total. The van der Waals surface area contributed by atoms with Crippen molar-refractivity contribution in [3.63, 3.8) is 0 Å². The van der Waals surface area contributed by atoms with Crippen molar-refractivity contribution in [2.45, 2.75) is 45.6 Å². The Hall–Kier alpha value is -2.33. The molecule has 2 atom stereocenters. The van der Waals surface area contributed by atoms with Gasteiger partial charge in [-0.1, -0.05) is 25.8 Å². The number of rotatable bonds is 7. The number of hydrogen-bond donors (Lipinski definition) is 1. The molecule has 28 heavy (non-hydrogen) atoms. The lowest BCUT2D eigenvalue weighted by molar-refractivity contribution is -0.145. The van der Waals surface area contributed by atoms with Crippen LogP contribution >= 0.6 is 15.9 Å². The summed E-state index contributed by atoms with van der Waals surface area (Å²) >= 11 is 3.38. The van der Waals surface area contributed by atoms with Gasteiger partial charge in [-0.25, -0.2) is 4.79 Å². The number of esters is 1. The fourth-order valence-corrected chi connectivity index (χ4v) is 3.67. The van der Waals surface area contributed by atoms with Gasteiger partial charge in [0.25, 0.3) is 5.91 Å². The zero-order valence-corrected chi connectivity index (χ0v) is 17.8. The number of carbonyl (C=O) groups excluding carboxylic acids is 2. The first-order valence-electron chi connectivity index (χ1n) is 9.45. The van der Waals surface area contributed by atoms with Crippen LogP contribution in [0.3, 0.4) is 0 Å². The van der Waals surface area contributed by atoms with Crippen LogP contribution in [0.1, 0.15) is 45.1 Å². The van der Waals surface area contributed by atoms with Gasteiger partial charge >= 0.3 is 5.97 Å². The summed E-state index contributed by atoms with van der Waals surface area (Å²) in [7, 11) is 0. The van der Waals surface area contributed by atoms with Gasteiger partial charge in [-0.3, -0.25) is 4.79 Å². The molecule has 0 aromatic heterocycles. The van der Waals surface area contributed by atoms with Gasteiger partial charge in [0.15, 0.2) is 6.61 Å². The lowest BCUT2D eigenvalue weighted by Crippen LogP contribution is -2.41. The van der Waals surface area contributed by atoms with Crippen LogP contribution in [0.5, 0.6) is 5.75 Å². The third-order valence-corrected chi connectivity index (χ3v) is 5.33. The van der Waals surface area contributed by atoms with Crippen LogP contribution in [0.2, 0.25) is 0 Å². The zero-order chi connectivity index (χ0) is 20.5. The Morgan fingerprint density at radius 1 is 1.36 bits per heavy atom. The molecule has 0 spiro atoms. The fourth-order valence-electron chi connectivity index (χ4n) is 3.16. The van der Waals surface area contributed by atoms with Crippen LogP contribution in [0, 0.1) is 17.2 Å². The summed E-state index contributed by atoms with van der Waals surface area (Å²) in [6, 6.07) is 7.22. The zero-order valence-electron chi connectivity index (χ0n) is 16.2. The molecule has 0 unspecified atom stereocenters. The Labute approximate surface area is 174 Å². The summed E-state index contributed by atoms with van der Waals surface area (Å²) in [5, 5.41) is 12.4. The van der Waals surface area contributed by atoms with Crippen LogP contribution in [-0.2, 0) is 14.3 Å². The Morgan fingerprint density at radius 3 is 2.75 bits per heavy atom. The van der Waals surface area contributed by atoms with Crippen molar-refractivity contribution in [1.29, 1.82) is 5.26 Å². The highest BCUT2D eigenvalue weighted by molar-refractivity contribution is 9.10. The Kier molecular flexibility index (Phi) is 8.52. The normalized spacial score (nSPS) is 19.4. The first-order chi connectivity index (χ1) is 13.4. The maximum atomic E-state index is 12.5. The molecule has 0 saturated heterocycles. The second kappa shape index (κ2) is 10.9. The lowest BCUT2D eigenvalue weighted by atomic mass is 9.86. The van der Waals surface area contributed by atoms with Crippen LogP contribution in [0.4, 0.5) is 0 Å². The van der Waals surface area contributed by atoms with Gasteiger partial charge in [0, 0.05) is 6.04 Å². The number of halogens is 1. The highest BCUT2D eigenvalue weighted by atomic mass is 79.9. The van der Waals surface area contributed by atoms with Crippen LogP contribution in [0.25, 0.3) is 6.08 Å². The second-order valence-corrected chi connectivity index (χ2v) is 7.65. The van der Waals surface area contributed by atoms with Crippen molar-refractivity contribution in [2.75, 3.05) is 13.2 Å². The van der Waals surface area contributed by atoms with E-state index in [1.807, 2.05) is 6.07 Å². The van der Waals surface area contributed by atoms with E-state index < -0.39 is 5.97 Å². The second-order valence-electron chi connectivity index (χ2n) is 6.80. The van der Waals surface area contributed by atoms with Crippen molar-refractivity contribution in [3.05, 3.63) is 33.8 Å². The van der Waals surface area contributed by atoms with Gasteiger partial charge in [0.1, 0.15) is 17.4 Å². The van der Waals surface area contributed by atoms with Crippen molar-refractivity contribution in [2.24, 2.45) is 5.92 Å². The summed E-state index contributed by atoms with van der Waals surface area (Å²) in [5.74, 6) is 0.102. The number of benzene rings is 1. The molecule has 6 nitrogen and oxygen atoms in total. The quantitative estimate of drug-likeness (QED) is 0.386. The number of amides is 1. The van der Waals surface area contributed by atoms with E-state index in [-0.39, 0.29) is 24.1 Å². The van der Waals surface area contributed by atoms with Gasteiger partial charge in [-0.05, 0) is 65.4 Å². The standard InChI is InChI=1S/C21H25BrN2O4/c1-3-27-20(25)13-28-19-9-8-15(11-17(19)22)10-16(12-23)21(26)24-18-7-5-4-6-14(18)2/h8-11,14,18H,3-7,13H2,1-2H3,(H,24,26)/b16-10+/t14-,18+/m1/s1. The predicted molar refractivity (Wildman–Crippen MR) is 109 cm³/mol. The van der Waals surface area contributed by atoms with Crippen molar-refractivity contribution < 1.29 is 19.1 Å². The Balaban J connectivity index is 2.05. The van der Waals surface area contributed by atoms with Crippen LogP contribution in [0.15, 0.2) is 28.2 Å². The van der Waals surface area contributed by atoms with Crippen LogP contribution < -0.4 is 10.1 Å². The van der Waals surface area contributed by atoms with Gasteiger partial charge in [0.05, 0.1) is 11.1 Å². The van der Waals surface area contributed by atoms with Crippen LogP contribution in [-0.4, -0.2) is 31.1 Å². The van der Waals surface area contributed by atoms with E-state index in [4.69, 9.17) is 9.47 Å². The Morgan fingerprint density at radius 2 is 2.11 bits per heavy atom. The topological polar surface area (TPSA) is 88.4 Å². The molecule has 1 aromatic carbocycles. The highest BCUT2D eigenvalue weighted by Gasteiger charge is 2.24. The fraction of sp³-hybridized carbons (Fsp3) is 0.476. The first kappa shape index (κ1) is 22.0. The maximum absolute atomic E-state index is 12.5. The largest absolute Gasteiger partial charge is 0.481 e. The van der Waals surface area contributed by atoms with Gasteiger partial charge in [0.2, 0.25) is 0 Å². The monoisotopic (exact) mass is 448 g/mol. The summed E-state index contributed by atoms with van der Waals surface area (Å²) in [6.07, 6.45) is 5.87. The molecule has 1 aliphatic rings. The molecule has 2 rings (SSSR count).